The van der Waals surface area contributed by atoms with Crippen molar-refractivity contribution in [2.45, 2.75) is 5.25 Å². The zero-order valence-electron chi connectivity index (χ0n) is 16.0. The van der Waals surface area contributed by atoms with E-state index in [1.165, 1.54) is 12.1 Å². The van der Waals surface area contributed by atoms with Crippen molar-refractivity contribution < 1.29 is 14.0 Å². The van der Waals surface area contributed by atoms with Crippen LogP contribution >= 0.6 is 63.5 Å². The summed E-state index contributed by atoms with van der Waals surface area (Å²) >= 11 is 31.4. The maximum atomic E-state index is 11.4. The minimum Gasteiger partial charge on any atom is -0.427 e. The zero-order chi connectivity index (χ0) is 23.3. The molecule has 0 saturated heterocycles. The molecule has 12 heteroatoms. The average Bonchev–Trinajstić information content (AvgIpc) is 2.72. The summed E-state index contributed by atoms with van der Waals surface area (Å²) in [5.74, 6) is 0.481. The minimum atomic E-state index is -3.33. The van der Waals surface area contributed by atoms with Gasteiger partial charge in [0.15, 0.2) is 0 Å². The molecule has 0 N–H and O–H groups in total. The fourth-order valence-corrected chi connectivity index (χ4v) is 8.92. The summed E-state index contributed by atoms with van der Waals surface area (Å²) < 4.78 is 12.1. The largest absolute Gasteiger partial charge is 0.427 e. The van der Waals surface area contributed by atoms with Crippen LogP contribution in [0.5, 0.6) is 11.5 Å². The summed E-state index contributed by atoms with van der Waals surface area (Å²) in [6, 6.07) is 18.3. The molecule has 3 aromatic carbocycles. The molecule has 0 saturated carbocycles. The number of benzene rings is 3. The van der Waals surface area contributed by atoms with E-state index in [-0.39, 0.29) is 28.1 Å². The van der Waals surface area contributed by atoms with Crippen LogP contribution in [-0.2, 0) is 11.8 Å². The molecule has 1 unspecified atom stereocenters. The zero-order valence-corrected chi connectivity index (χ0v) is 21.5. The molecule has 32 heavy (non-hydrogen) atoms. The van der Waals surface area contributed by atoms with Crippen molar-refractivity contribution in [3.63, 3.8) is 0 Å². The second kappa shape index (κ2) is 11.3. The second-order valence-electron chi connectivity index (χ2n) is 6.30. The molecule has 1 atom stereocenters. The van der Waals surface area contributed by atoms with Crippen molar-refractivity contribution in [1.82, 2.24) is 0 Å². The lowest BCUT2D eigenvalue weighted by molar-refractivity contribution is -0.479. The summed E-state index contributed by atoms with van der Waals surface area (Å²) in [5.41, 5.74) is -2.63. The predicted octanol–water partition coefficient (Wildman–Crippen LogP) is 8.73. The van der Waals surface area contributed by atoms with Gasteiger partial charge in [-0.15, -0.1) is 0 Å². The number of nitro groups is 1. The molecule has 3 rings (SSSR count). The summed E-state index contributed by atoms with van der Waals surface area (Å²) in [7, 11) is 0. The average molecular weight is 569 g/mol. The SMILES string of the molecule is O=[N+]([O-])CC(SP(=S)(Oc1ccc(Cl)cc1Cl)Oc1ccc(Cl)cc1Cl)c1ccccc1. The summed E-state index contributed by atoms with van der Waals surface area (Å²) in [6.45, 7) is -0.386. The smallest absolute Gasteiger partial charge is 0.349 e. The van der Waals surface area contributed by atoms with Crippen LogP contribution in [0.25, 0.3) is 0 Å². The molecule has 0 heterocycles. The lowest BCUT2D eigenvalue weighted by Crippen LogP contribution is -2.11. The van der Waals surface area contributed by atoms with Gasteiger partial charge in [0, 0.05) is 15.0 Å². The molecule has 5 nitrogen and oxygen atoms in total. The third-order valence-corrected chi connectivity index (χ3v) is 9.99. The van der Waals surface area contributed by atoms with Gasteiger partial charge in [-0.1, -0.05) is 76.7 Å². The Balaban J connectivity index is 2.01. The fraction of sp³-hybridized carbons (Fsp3) is 0.100. The molecule has 168 valence electrons. The van der Waals surface area contributed by atoms with Gasteiger partial charge >= 0.3 is 5.69 Å². The number of hydrogen-bond donors (Lipinski definition) is 0. The molecule has 0 radical (unpaired) electrons. The molecule has 0 amide bonds. The van der Waals surface area contributed by atoms with Crippen LogP contribution in [0, 0.1) is 10.1 Å². The van der Waals surface area contributed by atoms with Crippen LogP contribution in [0.2, 0.25) is 20.1 Å². The molecule has 3 aromatic rings. The molecular weight excluding hydrogens is 555 g/mol. The molecule has 0 spiro atoms. The Labute approximate surface area is 214 Å². The van der Waals surface area contributed by atoms with Crippen LogP contribution in [0.1, 0.15) is 10.8 Å². The van der Waals surface area contributed by atoms with Crippen LogP contribution in [0.15, 0.2) is 66.7 Å². The van der Waals surface area contributed by atoms with Crippen molar-refractivity contribution in [3.8, 4) is 11.5 Å². The van der Waals surface area contributed by atoms with Crippen LogP contribution in [0.4, 0.5) is 0 Å². The number of hydrogen-bond acceptors (Lipinski definition) is 6. The van der Waals surface area contributed by atoms with Gasteiger partial charge in [0.25, 0.3) is 0 Å². The van der Waals surface area contributed by atoms with E-state index in [1.54, 1.807) is 48.5 Å². The van der Waals surface area contributed by atoms with Gasteiger partial charge in [0.2, 0.25) is 6.54 Å². The first-order valence-electron chi connectivity index (χ1n) is 8.90. The van der Waals surface area contributed by atoms with Gasteiger partial charge in [-0.05, 0) is 65.2 Å². The molecule has 0 bridgehead atoms. The highest BCUT2D eigenvalue weighted by molar-refractivity contribution is 8.68. The van der Waals surface area contributed by atoms with E-state index < -0.39 is 15.9 Å². The minimum absolute atomic E-state index is 0.226. The summed E-state index contributed by atoms with van der Waals surface area (Å²) in [5, 5.41) is 12.0. The lowest BCUT2D eigenvalue weighted by atomic mass is 10.1. The van der Waals surface area contributed by atoms with Crippen LogP contribution in [0.3, 0.4) is 0 Å². The number of rotatable bonds is 9. The van der Waals surface area contributed by atoms with Gasteiger partial charge < -0.3 is 9.05 Å². The maximum absolute atomic E-state index is 11.4. The van der Waals surface area contributed by atoms with Gasteiger partial charge in [0.1, 0.15) is 16.7 Å². The highest BCUT2D eigenvalue weighted by Crippen LogP contribution is 2.66. The third kappa shape index (κ3) is 7.16. The quantitative estimate of drug-likeness (QED) is 0.146. The van der Waals surface area contributed by atoms with Gasteiger partial charge in [-0.2, -0.15) is 0 Å². The van der Waals surface area contributed by atoms with E-state index in [9.17, 15) is 10.1 Å². The standard InChI is InChI=1S/C20H14Cl4NO4PS2/c21-14-6-8-18(16(23)10-14)28-30(31,29-19-9-7-15(22)11-17(19)24)32-20(12-25(26)27)13-4-2-1-3-5-13/h1-11,20H,12H2. The van der Waals surface area contributed by atoms with Crippen molar-refractivity contribution in [3.05, 3.63) is 102 Å². The highest BCUT2D eigenvalue weighted by atomic mass is 35.5. The van der Waals surface area contributed by atoms with Gasteiger partial charge in [-0.3, -0.25) is 10.1 Å². The fourth-order valence-electron chi connectivity index (χ4n) is 2.56. The lowest BCUT2D eigenvalue weighted by Gasteiger charge is -2.26. The van der Waals surface area contributed by atoms with E-state index in [0.29, 0.717) is 15.6 Å². The first-order chi connectivity index (χ1) is 15.1. The Hall–Kier alpha value is -1.18. The molecule has 0 aliphatic carbocycles. The molecule has 0 aliphatic heterocycles. The van der Waals surface area contributed by atoms with Crippen molar-refractivity contribution in [2.75, 3.05) is 6.54 Å². The Morgan fingerprint density at radius 2 is 1.41 bits per heavy atom. The number of halogens is 4. The monoisotopic (exact) mass is 567 g/mol. The molecule has 0 fully saturated rings. The Morgan fingerprint density at radius 3 is 1.84 bits per heavy atom. The van der Waals surface area contributed by atoms with Crippen molar-refractivity contribution in [2.24, 2.45) is 0 Å². The van der Waals surface area contributed by atoms with Crippen LogP contribution in [-0.4, -0.2) is 11.5 Å². The first-order valence-corrected chi connectivity index (χ1v) is 14.5. The Morgan fingerprint density at radius 1 is 0.906 bits per heavy atom. The van der Waals surface area contributed by atoms with E-state index in [1.807, 2.05) is 6.07 Å². The third-order valence-electron chi connectivity index (χ3n) is 3.95. The Kier molecular flexibility index (Phi) is 8.98. The van der Waals surface area contributed by atoms with Gasteiger partial charge in [0.05, 0.1) is 10.0 Å². The Bertz CT molecular complexity index is 1110. The van der Waals surface area contributed by atoms with Crippen molar-refractivity contribution in [1.29, 1.82) is 0 Å². The normalized spacial score (nSPS) is 12.2. The summed E-state index contributed by atoms with van der Waals surface area (Å²) in [4.78, 5) is 11.0. The van der Waals surface area contributed by atoms with E-state index >= 15 is 0 Å². The first kappa shape index (κ1) is 25.4. The van der Waals surface area contributed by atoms with Crippen LogP contribution < -0.4 is 9.05 Å². The van der Waals surface area contributed by atoms with E-state index in [4.69, 9.17) is 67.3 Å². The molecular formula is C20H14Cl4NO4PS2. The topological polar surface area (TPSA) is 61.6 Å². The predicted molar refractivity (Wildman–Crippen MR) is 137 cm³/mol. The second-order valence-corrected chi connectivity index (χ2v) is 14.2. The number of nitrogens with zero attached hydrogens (tertiary/aromatic N) is 1. The highest BCUT2D eigenvalue weighted by Gasteiger charge is 2.33. The molecule has 0 aliphatic rings. The van der Waals surface area contributed by atoms with Crippen molar-refractivity contribution >= 4 is 75.3 Å². The van der Waals surface area contributed by atoms with E-state index in [2.05, 4.69) is 0 Å². The maximum Gasteiger partial charge on any atom is 0.349 e. The van der Waals surface area contributed by atoms with Gasteiger partial charge in [-0.25, -0.2) is 0 Å². The molecule has 0 aromatic heterocycles. The van der Waals surface area contributed by atoms with E-state index in [0.717, 1.165) is 11.4 Å². The summed E-state index contributed by atoms with van der Waals surface area (Å²) in [6.07, 6.45) is 0.